The maximum absolute atomic E-state index is 15.1. The van der Waals surface area contributed by atoms with Crippen LogP contribution in [0.5, 0.6) is 5.75 Å². The molecule has 168 valence electrons. The predicted molar refractivity (Wildman–Crippen MR) is 125 cm³/mol. The number of halogens is 1. The quantitative estimate of drug-likeness (QED) is 0.377. The molecule has 0 spiro atoms. The van der Waals surface area contributed by atoms with Gasteiger partial charge in [-0.25, -0.2) is 14.4 Å². The van der Waals surface area contributed by atoms with Crippen molar-refractivity contribution in [3.05, 3.63) is 47.8 Å². The Kier molecular flexibility index (Phi) is 5.89. The Labute approximate surface area is 188 Å². The number of carbonyl (C=O) groups excluding carboxylic acids is 1. The molecule has 32 heavy (non-hydrogen) atoms. The van der Waals surface area contributed by atoms with Gasteiger partial charge in [-0.3, -0.25) is 4.79 Å². The number of piperidine rings is 1. The molecule has 1 aromatic heterocycles. The van der Waals surface area contributed by atoms with Crippen LogP contribution in [0.15, 0.2) is 36.4 Å². The topological polar surface area (TPSA) is 55.3 Å². The fourth-order valence-corrected chi connectivity index (χ4v) is 3.86. The van der Waals surface area contributed by atoms with Crippen LogP contribution in [0.4, 0.5) is 10.2 Å². The van der Waals surface area contributed by atoms with Gasteiger partial charge in [0.2, 0.25) is 0 Å². The zero-order valence-corrected chi connectivity index (χ0v) is 19.4. The average Bonchev–Trinajstić information content (AvgIpc) is 2.73. The van der Waals surface area contributed by atoms with Crippen LogP contribution in [0.3, 0.4) is 0 Å². The van der Waals surface area contributed by atoms with Gasteiger partial charge in [-0.2, -0.15) is 0 Å². The number of aromatic nitrogens is 2. The van der Waals surface area contributed by atoms with Crippen molar-refractivity contribution in [1.29, 1.82) is 0 Å². The monoisotopic (exact) mass is 435 g/mol. The standard InChI is InChI=1S/C26H30FN3O2/c1-16-11-13-30(14-12-16)24-18-10-9-17(2)15-20(18)28-23(29-24)22-19(27)7-6-8-21(22)32-25(31)26(3,4)5/h6-10,15-16H,11-14H2,1-5H3. The smallest absolute Gasteiger partial charge is 0.316 e. The summed E-state index contributed by atoms with van der Waals surface area (Å²) in [6.07, 6.45) is 2.17. The molecule has 6 heteroatoms. The van der Waals surface area contributed by atoms with Gasteiger partial charge in [0.15, 0.2) is 5.82 Å². The van der Waals surface area contributed by atoms with Crippen LogP contribution in [-0.4, -0.2) is 29.0 Å². The minimum absolute atomic E-state index is 0.111. The third-order valence-corrected chi connectivity index (χ3v) is 5.93. The highest BCUT2D eigenvalue weighted by Gasteiger charge is 2.27. The van der Waals surface area contributed by atoms with Gasteiger partial charge in [-0.1, -0.05) is 19.1 Å². The number of benzene rings is 2. The summed E-state index contributed by atoms with van der Waals surface area (Å²) in [5.41, 5.74) is 1.20. The van der Waals surface area contributed by atoms with Crippen molar-refractivity contribution in [3.63, 3.8) is 0 Å². The Hall–Kier alpha value is -3.02. The molecule has 0 bridgehead atoms. The summed E-state index contributed by atoms with van der Waals surface area (Å²) < 4.78 is 20.7. The summed E-state index contributed by atoms with van der Waals surface area (Å²) >= 11 is 0. The number of anilines is 1. The maximum Gasteiger partial charge on any atom is 0.316 e. The van der Waals surface area contributed by atoms with Crippen molar-refractivity contribution < 1.29 is 13.9 Å². The zero-order chi connectivity index (χ0) is 23.0. The van der Waals surface area contributed by atoms with Gasteiger partial charge in [0.05, 0.1) is 16.5 Å². The molecule has 0 radical (unpaired) electrons. The molecule has 1 aliphatic heterocycles. The normalized spacial score (nSPS) is 15.2. The van der Waals surface area contributed by atoms with Crippen LogP contribution in [0.25, 0.3) is 22.3 Å². The Balaban J connectivity index is 1.87. The second kappa shape index (κ2) is 8.49. The fourth-order valence-electron chi connectivity index (χ4n) is 3.86. The van der Waals surface area contributed by atoms with Gasteiger partial charge in [0, 0.05) is 18.5 Å². The molecule has 0 atom stereocenters. The number of nitrogens with zero attached hydrogens (tertiary/aromatic N) is 3. The predicted octanol–water partition coefficient (Wildman–Crippen LogP) is 5.93. The van der Waals surface area contributed by atoms with Gasteiger partial charge in [0.1, 0.15) is 17.4 Å². The Morgan fingerprint density at radius 2 is 1.84 bits per heavy atom. The van der Waals surface area contributed by atoms with Crippen molar-refractivity contribution >= 4 is 22.7 Å². The second-order valence-electron chi connectivity index (χ2n) is 9.81. The van der Waals surface area contributed by atoms with E-state index in [-0.39, 0.29) is 17.1 Å². The number of carbonyl (C=O) groups is 1. The highest BCUT2D eigenvalue weighted by atomic mass is 19.1. The van der Waals surface area contributed by atoms with Crippen molar-refractivity contribution in [3.8, 4) is 17.1 Å². The number of ether oxygens (including phenoxy) is 1. The molecule has 2 aromatic carbocycles. The van der Waals surface area contributed by atoms with E-state index >= 15 is 4.39 Å². The third-order valence-electron chi connectivity index (χ3n) is 5.93. The maximum atomic E-state index is 15.1. The summed E-state index contributed by atoms with van der Waals surface area (Å²) in [6.45, 7) is 11.3. The molecular formula is C26H30FN3O2. The summed E-state index contributed by atoms with van der Waals surface area (Å²) in [5.74, 6) is 0.881. The van der Waals surface area contributed by atoms with E-state index in [2.05, 4.69) is 11.8 Å². The molecule has 0 saturated carbocycles. The first-order chi connectivity index (χ1) is 15.1. The van der Waals surface area contributed by atoms with Gasteiger partial charge >= 0.3 is 5.97 Å². The minimum atomic E-state index is -0.722. The molecule has 1 fully saturated rings. The van der Waals surface area contributed by atoms with Gasteiger partial charge < -0.3 is 9.64 Å². The molecule has 3 aromatic rings. The first-order valence-corrected chi connectivity index (χ1v) is 11.2. The molecule has 0 aliphatic carbocycles. The van der Waals surface area contributed by atoms with Crippen LogP contribution < -0.4 is 9.64 Å². The van der Waals surface area contributed by atoms with E-state index in [0.717, 1.165) is 48.2 Å². The first kappa shape index (κ1) is 22.2. The van der Waals surface area contributed by atoms with E-state index in [9.17, 15) is 4.79 Å². The van der Waals surface area contributed by atoms with Gasteiger partial charge in [-0.05, 0) is 76.3 Å². The van der Waals surface area contributed by atoms with E-state index in [1.165, 1.54) is 12.1 Å². The van der Waals surface area contributed by atoms with Crippen LogP contribution in [-0.2, 0) is 4.79 Å². The van der Waals surface area contributed by atoms with E-state index in [1.807, 2.05) is 25.1 Å². The average molecular weight is 436 g/mol. The molecular weight excluding hydrogens is 405 g/mol. The summed E-state index contributed by atoms with van der Waals surface area (Å²) in [4.78, 5) is 24.3. The molecule has 5 nitrogen and oxygen atoms in total. The van der Waals surface area contributed by atoms with Gasteiger partial charge in [-0.15, -0.1) is 0 Å². The van der Waals surface area contributed by atoms with E-state index in [4.69, 9.17) is 14.7 Å². The number of rotatable bonds is 3. The molecule has 0 unspecified atom stereocenters. The SMILES string of the molecule is Cc1ccc2c(N3CCC(C)CC3)nc(-c3c(F)cccc3OC(=O)C(C)(C)C)nc2c1. The van der Waals surface area contributed by atoms with E-state index < -0.39 is 17.2 Å². The highest BCUT2D eigenvalue weighted by Crippen LogP contribution is 2.36. The van der Waals surface area contributed by atoms with Crippen LogP contribution >= 0.6 is 0 Å². The lowest BCUT2D eigenvalue weighted by molar-refractivity contribution is -0.142. The van der Waals surface area contributed by atoms with Crippen molar-refractivity contribution in [1.82, 2.24) is 9.97 Å². The number of hydrogen-bond acceptors (Lipinski definition) is 5. The lowest BCUT2D eigenvalue weighted by Gasteiger charge is -2.32. The van der Waals surface area contributed by atoms with Gasteiger partial charge in [0.25, 0.3) is 0 Å². The Bertz CT molecular complexity index is 1160. The van der Waals surface area contributed by atoms with Crippen molar-refractivity contribution in [2.24, 2.45) is 11.3 Å². The van der Waals surface area contributed by atoms with Crippen LogP contribution in [0, 0.1) is 24.1 Å². The van der Waals surface area contributed by atoms with E-state index in [0.29, 0.717) is 5.92 Å². The lowest BCUT2D eigenvalue weighted by Crippen LogP contribution is -2.33. The number of aryl methyl sites for hydroxylation is 1. The molecule has 0 N–H and O–H groups in total. The minimum Gasteiger partial charge on any atom is -0.425 e. The highest BCUT2D eigenvalue weighted by molar-refractivity contribution is 5.92. The molecule has 1 aliphatic rings. The fraction of sp³-hybridized carbons (Fsp3) is 0.423. The van der Waals surface area contributed by atoms with Crippen LogP contribution in [0.2, 0.25) is 0 Å². The van der Waals surface area contributed by atoms with Crippen LogP contribution in [0.1, 0.15) is 46.1 Å². The number of hydrogen-bond donors (Lipinski definition) is 0. The molecule has 1 saturated heterocycles. The summed E-state index contributed by atoms with van der Waals surface area (Å²) in [5, 5.41) is 0.943. The summed E-state index contributed by atoms with van der Waals surface area (Å²) in [7, 11) is 0. The van der Waals surface area contributed by atoms with Crippen molar-refractivity contribution in [2.45, 2.75) is 47.5 Å². The zero-order valence-electron chi connectivity index (χ0n) is 19.4. The Morgan fingerprint density at radius 3 is 2.53 bits per heavy atom. The van der Waals surface area contributed by atoms with E-state index in [1.54, 1.807) is 26.8 Å². The molecule has 0 amide bonds. The lowest BCUT2D eigenvalue weighted by atomic mass is 9.97. The van der Waals surface area contributed by atoms with Crippen molar-refractivity contribution in [2.75, 3.05) is 18.0 Å². The second-order valence-corrected chi connectivity index (χ2v) is 9.81. The molecule has 2 heterocycles. The third kappa shape index (κ3) is 4.45. The summed E-state index contributed by atoms with van der Waals surface area (Å²) in [6, 6.07) is 10.5. The number of esters is 1. The first-order valence-electron chi connectivity index (χ1n) is 11.2. The largest absolute Gasteiger partial charge is 0.425 e. The Morgan fingerprint density at radius 1 is 1.12 bits per heavy atom. The molecule has 4 rings (SSSR count). The number of fused-ring (bicyclic) bond motifs is 1.